The molecule has 0 saturated heterocycles. The summed E-state index contributed by atoms with van der Waals surface area (Å²) in [6.45, 7) is 3.28. The molecule has 2 aromatic carbocycles. The van der Waals surface area contributed by atoms with Gasteiger partial charge in [0.2, 0.25) is 16.0 Å². The molecule has 1 saturated carbocycles. The van der Waals surface area contributed by atoms with Crippen molar-refractivity contribution in [3.63, 3.8) is 0 Å². The number of anilines is 2. The van der Waals surface area contributed by atoms with E-state index in [1.165, 1.54) is 44.9 Å². The number of rotatable bonds is 6. The first-order valence-electron chi connectivity index (χ1n) is 11.0. The molecule has 1 heterocycles. The zero-order valence-electron chi connectivity index (χ0n) is 18.9. The number of sulfonamides is 1. The van der Waals surface area contributed by atoms with Gasteiger partial charge in [-0.2, -0.15) is 4.98 Å². The van der Waals surface area contributed by atoms with Crippen LogP contribution in [0.2, 0.25) is 0 Å². The van der Waals surface area contributed by atoms with Crippen molar-refractivity contribution in [2.24, 2.45) is 17.7 Å². The minimum atomic E-state index is -3.29. The SMILES string of the molecule is CC1CCC(CNc2nc(NN)c3ccccc3n2)CC1.CNS(=O)(=O)c1ccc(Br)cc1. The lowest BCUT2D eigenvalue weighted by molar-refractivity contribution is 0.300. The third kappa shape index (κ3) is 7.10. The van der Waals surface area contributed by atoms with E-state index in [4.69, 9.17) is 5.84 Å². The molecule has 1 aliphatic rings. The summed E-state index contributed by atoms with van der Waals surface area (Å²) in [6, 6.07) is 14.3. The van der Waals surface area contributed by atoms with Crippen LogP contribution in [0.1, 0.15) is 32.6 Å². The summed E-state index contributed by atoms with van der Waals surface area (Å²) in [4.78, 5) is 9.30. The summed E-state index contributed by atoms with van der Waals surface area (Å²) in [5.74, 6) is 8.50. The lowest BCUT2D eigenvalue weighted by Gasteiger charge is -2.26. The number of nitrogen functional groups attached to an aromatic ring is 1. The van der Waals surface area contributed by atoms with Crippen LogP contribution in [0.25, 0.3) is 10.9 Å². The molecule has 5 N–H and O–H groups in total. The molecule has 0 unspecified atom stereocenters. The van der Waals surface area contributed by atoms with E-state index in [-0.39, 0.29) is 4.90 Å². The molecule has 0 radical (unpaired) electrons. The van der Waals surface area contributed by atoms with Gasteiger partial charge in [0, 0.05) is 16.4 Å². The fourth-order valence-corrected chi connectivity index (χ4v) is 4.76. The van der Waals surface area contributed by atoms with Crippen LogP contribution in [-0.4, -0.2) is 32.0 Å². The summed E-state index contributed by atoms with van der Waals surface area (Å²) in [7, 11) is -1.90. The second kappa shape index (κ2) is 11.7. The Morgan fingerprint density at radius 1 is 1.03 bits per heavy atom. The Kier molecular flexibility index (Phi) is 9.02. The van der Waals surface area contributed by atoms with Crippen LogP contribution >= 0.6 is 15.9 Å². The lowest BCUT2D eigenvalue weighted by atomic mass is 9.83. The Bertz CT molecular complexity index is 1150. The van der Waals surface area contributed by atoms with Crippen LogP contribution in [0.15, 0.2) is 57.9 Å². The molecule has 0 bridgehead atoms. The number of halogens is 1. The molecule has 8 nitrogen and oxygen atoms in total. The van der Waals surface area contributed by atoms with E-state index >= 15 is 0 Å². The molecule has 1 fully saturated rings. The summed E-state index contributed by atoms with van der Waals surface area (Å²) in [5.41, 5.74) is 3.57. The highest BCUT2D eigenvalue weighted by Gasteiger charge is 2.18. The van der Waals surface area contributed by atoms with E-state index in [9.17, 15) is 8.42 Å². The van der Waals surface area contributed by atoms with E-state index < -0.39 is 10.0 Å². The Morgan fingerprint density at radius 3 is 2.33 bits per heavy atom. The molecule has 10 heteroatoms. The maximum absolute atomic E-state index is 11.2. The first-order valence-corrected chi connectivity index (χ1v) is 13.3. The molecule has 0 atom stereocenters. The monoisotopic (exact) mass is 534 g/mol. The zero-order valence-corrected chi connectivity index (χ0v) is 21.3. The molecule has 1 aliphatic carbocycles. The van der Waals surface area contributed by atoms with Crippen molar-refractivity contribution < 1.29 is 8.42 Å². The van der Waals surface area contributed by atoms with Crippen LogP contribution < -0.4 is 21.3 Å². The van der Waals surface area contributed by atoms with Crippen molar-refractivity contribution in [1.29, 1.82) is 0 Å². The largest absolute Gasteiger partial charge is 0.354 e. The number of nitrogens with one attached hydrogen (secondary N) is 3. The first kappa shape index (κ1) is 25.4. The van der Waals surface area contributed by atoms with Gasteiger partial charge in [0.15, 0.2) is 5.82 Å². The topological polar surface area (TPSA) is 122 Å². The first-order chi connectivity index (χ1) is 15.8. The average Bonchev–Trinajstić information content (AvgIpc) is 2.84. The smallest absolute Gasteiger partial charge is 0.240 e. The summed E-state index contributed by atoms with van der Waals surface area (Å²) in [6.07, 6.45) is 5.26. The quantitative estimate of drug-likeness (QED) is 0.271. The molecule has 33 heavy (non-hydrogen) atoms. The highest BCUT2D eigenvalue weighted by molar-refractivity contribution is 9.10. The van der Waals surface area contributed by atoms with Gasteiger partial charge >= 0.3 is 0 Å². The van der Waals surface area contributed by atoms with E-state index in [1.807, 2.05) is 24.3 Å². The second-order valence-electron chi connectivity index (χ2n) is 8.23. The number of hydrazine groups is 1. The van der Waals surface area contributed by atoms with Crippen molar-refractivity contribution in [2.45, 2.75) is 37.5 Å². The summed E-state index contributed by atoms with van der Waals surface area (Å²) in [5, 5.41) is 4.32. The van der Waals surface area contributed by atoms with Gasteiger partial charge in [-0.3, -0.25) is 0 Å². The normalized spacial score (nSPS) is 18.3. The van der Waals surface area contributed by atoms with E-state index in [0.29, 0.717) is 11.8 Å². The lowest BCUT2D eigenvalue weighted by Crippen LogP contribution is -2.21. The van der Waals surface area contributed by atoms with Gasteiger partial charge in [-0.1, -0.05) is 47.8 Å². The highest BCUT2D eigenvalue weighted by Crippen LogP contribution is 2.28. The molecule has 4 rings (SSSR count). The number of hydrogen-bond donors (Lipinski definition) is 4. The Morgan fingerprint density at radius 2 is 1.70 bits per heavy atom. The van der Waals surface area contributed by atoms with Gasteiger partial charge < -0.3 is 10.7 Å². The fraction of sp³-hybridized carbons (Fsp3) is 0.391. The van der Waals surface area contributed by atoms with Gasteiger partial charge in [-0.15, -0.1) is 0 Å². The number of nitrogens with two attached hydrogens (primary N) is 1. The third-order valence-corrected chi connectivity index (χ3v) is 7.78. The molecular formula is C23H31BrN6O2S. The number of nitrogens with zero attached hydrogens (tertiary/aromatic N) is 2. The summed E-state index contributed by atoms with van der Waals surface area (Å²) < 4.78 is 25.5. The van der Waals surface area contributed by atoms with Gasteiger partial charge in [0.05, 0.1) is 10.4 Å². The average molecular weight is 536 g/mol. The number of benzene rings is 2. The third-order valence-electron chi connectivity index (χ3n) is 5.82. The zero-order chi connectivity index (χ0) is 23.8. The molecule has 178 valence electrons. The van der Waals surface area contributed by atoms with Crippen LogP contribution in [0.3, 0.4) is 0 Å². The van der Waals surface area contributed by atoms with Crippen molar-refractivity contribution in [3.05, 3.63) is 53.0 Å². The number of para-hydroxylation sites is 1. The maximum atomic E-state index is 11.2. The second-order valence-corrected chi connectivity index (χ2v) is 11.0. The standard InChI is InChI=1S/C16H23N5.C7H8BrNO2S/c1-11-6-8-12(9-7-11)10-18-16-19-14-5-3-2-4-13(14)15(20-16)21-17;1-9-12(10,11)7-4-2-6(8)3-5-7/h2-5,11-12H,6-10,17H2,1H3,(H2,18,19,20,21);2-5,9H,1H3. The van der Waals surface area contributed by atoms with Gasteiger partial charge in [0.1, 0.15) is 0 Å². The van der Waals surface area contributed by atoms with E-state index in [1.54, 1.807) is 12.1 Å². The van der Waals surface area contributed by atoms with E-state index in [0.717, 1.165) is 33.8 Å². The number of hydrogen-bond acceptors (Lipinski definition) is 7. The van der Waals surface area contributed by atoms with Crippen LogP contribution in [0.4, 0.5) is 11.8 Å². The van der Waals surface area contributed by atoms with Crippen molar-refractivity contribution >= 4 is 48.6 Å². The molecule has 0 spiro atoms. The van der Waals surface area contributed by atoms with E-state index in [2.05, 4.69) is 48.3 Å². The number of aromatic nitrogens is 2. The Balaban J connectivity index is 0.000000218. The molecule has 0 aliphatic heterocycles. The van der Waals surface area contributed by atoms with Crippen molar-refractivity contribution in [3.8, 4) is 0 Å². The van der Waals surface area contributed by atoms with Crippen LogP contribution in [0, 0.1) is 11.8 Å². The predicted molar refractivity (Wildman–Crippen MR) is 137 cm³/mol. The molecule has 3 aromatic rings. The Hall–Kier alpha value is -2.27. The van der Waals surface area contributed by atoms with Crippen LogP contribution in [0.5, 0.6) is 0 Å². The van der Waals surface area contributed by atoms with Crippen LogP contribution in [-0.2, 0) is 10.0 Å². The maximum Gasteiger partial charge on any atom is 0.240 e. The number of fused-ring (bicyclic) bond motifs is 1. The minimum Gasteiger partial charge on any atom is -0.354 e. The predicted octanol–water partition coefficient (Wildman–Crippen LogP) is 4.51. The van der Waals surface area contributed by atoms with Gasteiger partial charge in [0.25, 0.3) is 0 Å². The van der Waals surface area contributed by atoms with Crippen molar-refractivity contribution in [2.75, 3.05) is 24.3 Å². The molecule has 0 amide bonds. The molecular weight excluding hydrogens is 504 g/mol. The summed E-state index contributed by atoms with van der Waals surface area (Å²) >= 11 is 3.22. The fourth-order valence-electron chi connectivity index (χ4n) is 3.77. The Labute approximate surface area is 203 Å². The molecule has 1 aromatic heterocycles. The van der Waals surface area contributed by atoms with Crippen molar-refractivity contribution in [1.82, 2.24) is 14.7 Å². The van der Waals surface area contributed by atoms with Gasteiger partial charge in [-0.05, 0) is 68.1 Å². The van der Waals surface area contributed by atoms with Gasteiger partial charge in [-0.25, -0.2) is 24.0 Å². The highest BCUT2D eigenvalue weighted by atomic mass is 79.9. The minimum absolute atomic E-state index is 0.271.